The van der Waals surface area contributed by atoms with Gasteiger partial charge in [0.05, 0.1) is 11.4 Å². The van der Waals surface area contributed by atoms with E-state index in [0.717, 1.165) is 17.5 Å². The Bertz CT molecular complexity index is 1120. The summed E-state index contributed by atoms with van der Waals surface area (Å²) in [6, 6.07) is 22.3. The van der Waals surface area contributed by atoms with Gasteiger partial charge in [0.15, 0.2) is 0 Å². The number of nitrogens with zero attached hydrogens (tertiary/aromatic N) is 2. The standard InChI is InChI=1S/C25H24ClN3O2/c1-18-8-6-10-19(16-18)24(30)27-22-12-4-5-13-23(22)29-15-7-14-28(25(29)31)17-20-9-2-3-11-21(20)26/h2-6,8-13,16H,7,14-15,17H2,1H3,(H,27,30). The highest BCUT2D eigenvalue weighted by Gasteiger charge is 2.29. The number of carbonyl (C=O) groups is 2. The van der Waals surface area contributed by atoms with Crippen molar-refractivity contribution in [3.8, 4) is 0 Å². The third kappa shape index (κ3) is 4.72. The predicted molar refractivity (Wildman–Crippen MR) is 125 cm³/mol. The van der Waals surface area contributed by atoms with E-state index in [1.165, 1.54) is 0 Å². The van der Waals surface area contributed by atoms with E-state index in [4.69, 9.17) is 11.6 Å². The highest BCUT2D eigenvalue weighted by atomic mass is 35.5. The summed E-state index contributed by atoms with van der Waals surface area (Å²) < 4.78 is 0. The number of hydrogen-bond donors (Lipinski definition) is 1. The molecule has 1 N–H and O–H groups in total. The minimum Gasteiger partial charge on any atom is -0.320 e. The summed E-state index contributed by atoms with van der Waals surface area (Å²) in [7, 11) is 0. The maximum atomic E-state index is 13.3. The highest BCUT2D eigenvalue weighted by molar-refractivity contribution is 6.31. The molecule has 1 saturated heterocycles. The molecule has 1 fully saturated rings. The number of urea groups is 1. The van der Waals surface area contributed by atoms with Gasteiger partial charge >= 0.3 is 6.03 Å². The van der Waals surface area contributed by atoms with Crippen LogP contribution in [0.2, 0.25) is 5.02 Å². The molecular formula is C25H24ClN3O2. The number of amides is 3. The first-order chi connectivity index (χ1) is 15.0. The number of hydrogen-bond acceptors (Lipinski definition) is 2. The fraction of sp³-hybridized carbons (Fsp3) is 0.200. The molecule has 0 radical (unpaired) electrons. The summed E-state index contributed by atoms with van der Waals surface area (Å²) in [4.78, 5) is 29.6. The van der Waals surface area contributed by atoms with E-state index in [-0.39, 0.29) is 11.9 Å². The third-order valence-corrected chi connectivity index (χ3v) is 5.72. The normalized spacial score (nSPS) is 13.9. The van der Waals surface area contributed by atoms with Crippen LogP contribution < -0.4 is 10.2 Å². The Labute approximate surface area is 187 Å². The van der Waals surface area contributed by atoms with Crippen molar-refractivity contribution >= 4 is 34.9 Å². The van der Waals surface area contributed by atoms with Crippen molar-refractivity contribution in [3.05, 3.63) is 94.5 Å². The van der Waals surface area contributed by atoms with Crippen LogP contribution in [0.5, 0.6) is 0 Å². The molecule has 0 bridgehead atoms. The molecule has 4 rings (SSSR count). The van der Waals surface area contributed by atoms with Crippen LogP contribution in [0, 0.1) is 6.92 Å². The van der Waals surface area contributed by atoms with E-state index in [0.29, 0.717) is 41.6 Å². The van der Waals surface area contributed by atoms with Gasteiger partial charge in [0.2, 0.25) is 0 Å². The van der Waals surface area contributed by atoms with Gasteiger partial charge in [-0.2, -0.15) is 0 Å². The monoisotopic (exact) mass is 433 g/mol. The molecule has 31 heavy (non-hydrogen) atoms. The van der Waals surface area contributed by atoms with E-state index < -0.39 is 0 Å². The predicted octanol–water partition coefficient (Wildman–Crippen LogP) is 5.73. The van der Waals surface area contributed by atoms with Crippen LogP contribution in [-0.2, 0) is 6.54 Å². The van der Waals surface area contributed by atoms with Crippen molar-refractivity contribution in [1.29, 1.82) is 0 Å². The second-order valence-electron chi connectivity index (χ2n) is 7.64. The lowest BCUT2D eigenvalue weighted by atomic mass is 10.1. The summed E-state index contributed by atoms with van der Waals surface area (Å²) in [5.74, 6) is -0.200. The topological polar surface area (TPSA) is 52.7 Å². The second kappa shape index (κ2) is 9.23. The molecule has 0 atom stereocenters. The molecule has 0 unspecified atom stereocenters. The Morgan fingerprint density at radius 2 is 1.77 bits per heavy atom. The van der Waals surface area contributed by atoms with Gasteiger partial charge in [-0.05, 0) is 49.2 Å². The smallest absolute Gasteiger partial charge is 0.320 e. The SMILES string of the molecule is Cc1cccc(C(=O)Nc2ccccc2N2CCCN(Cc3ccccc3Cl)C2=O)c1. The second-order valence-corrected chi connectivity index (χ2v) is 8.05. The zero-order chi connectivity index (χ0) is 21.8. The fourth-order valence-electron chi connectivity index (χ4n) is 3.78. The van der Waals surface area contributed by atoms with Crippen LogP contribution in [0.1, 0.15) is 27.9 Å². The van der Waals surface area contributed by atoms with E-state index in [9.17, 15) is 9.59 Å². The summed E-state index contributed by atoms with van der Waals surface area (Å²) in [5, 5.41) is 3.62. The molecule has 3 aromatic rings. The van der Waals surface area contributed by atoms with Crippen molar-refractivity contribution in [2.24, 2.45) is 0 Å². The van der Waals surface area contributed by atoms with Gasteiger partial charge < -0.3 is 10.2 Å². The molecule has 158 valence electrons. The number of halogens is 1. The van der Waals surface area contributed by atoms with Crippen molar-refractivity contribution in [3.63, 3.8) is 0 Å². The van der Waals surface area contributed by atoms with Crippen LogP contribution in [-0.4, -0.2) is 29.9 Å². The van der Waals surface area contributed by atoms with Gasteiger partial charge in [-0.1, -0.05) is 59.6 Å². The van der Waals surface area contributed by atoms with Crippen LogP contribution in [0.15, 0.2) is 72.8 Å². The molecule has 3 aromatic carbocycles. The van der Waals surface area contributed by atoms with E-state index >= 15 is 0 Å². The molecule has 0 saturated carbocycles. The molecule has 0 spiro atoms. The van der Waals surface area contributed by atoms with Gasteiger partial charge in [0.25, 0.3) is 5.91 Å². The van der Waals surface area contributed by atoms with Crippen LogP contribution >= 0.6 is 11.6 Å². The van der Waals surface area contributed by atoms with E-state index in [2.05, 4.69) is 5.32 Å². The number of anilines is 2. The number of rotatable bonds is 5. The lowest BCUT2D eigenvalue weighted by Crippen LogP contribution is -2.49. The molecule has 5 nitrogen and oxygen atoms in total. The maximum absolute atomic E-state index is 13.3. The molecule has 6 heteroatoms. The van der Waals surface area contributed by atoms with Gasteiger partial charge in [0, 0.05) is 30.2 Å². The van der Waals surface area contributed by atoms with Crippen molar-refractivity contribution in [2.75, 3.05) is 23.3 Å². The quantitative estimate of drug-likeness (QED) is 0.558. The largest absolute Gasteiger partial charge is 0.324 e. The number of nitrogens with one attached hydrogen (secondary N) is 1. The average molecular weight is 434 g/mol. The fourth-order valence-corrected chi connectivity index (χ4v) is 3.98. The molecule has 1 aliphatic rings. The third-order valence-electron chi connectivity index (χ3n) is 5.35. The molecule has 1 heterocycles. The summed E-state index contributed by atoms with van der Waals surface area (Å²) >= 11 is 6.30. The average Bonchev–Trinajstić information content (AvgIpc) is 2.77. The van der Waals surface area contributed by atoms with Crippen LogP contribution in [0.4, 0.5) is 16.2 Å². The highest BCUT2D eigenvalue weighted by Crippen LogP contribution is 2.30. The van der Waals surface area contributed by atoms with E-state index in [1.807, 2.05) is 73.7 Å². The molecule has 0 aromatic heterocycles. The van der Waals surface area contributed by atoms with Gasteiger partial charge in [-0.25, -0.2) is 4.79 Å². The minimum absolute atomic E-state index is 0.0941. The molecule has 1 aliphatic heterocycles. The Hall–Kier alpha value is -3.31. The van der Waals surface area contributed by atoms with Gasteiger partial charge in [0.1, 0.15) is 0 Å². The minimum atomic E-state index is -0.200. The Balaban J connectivity index is 1.56. The number of carbonyl (C=O) groups excluding carboxylic acids is 2. The summed E-state index contributed by atoms with van der Waals surface area (Å²) in [6.45, 7) is 3.66. The lowest BCUT2D eigenvalue weighted by molar-refractivity contribution is 0.102. The summed E-state index contributed by atoms with van der Waals surface area (Å²) in [6.07, 6.45) is 0.830. The number of para-hydroxylation sites is 2. The number of benzene rings is 3. The zero-order valence-corrected chi connectivity index (χ0v) is 18.1. The first-order valence-corrected chi connectivity index (χ1v) is 10.7. The Morgan fingerprint density at radius 1 is 1.00 bits per heavy atom. The first-order valence-electron chi connectivity index (χ1n) is 10.3. The van der Waals surface area contributed by atoms with Gasteiger partial charge in [-0.3, -0.25) is 9.69 Å². The summed E-state index contributed by atoms with van der Waals surface area (Å²) in [5.41, 5.74) is 3.82. The Kier molecular flexibility index (Phi) is 6.23. The zero-order valence-electron chi connectivity index (χ0n) is 17.3. The lowest BCUT2D eigenvalue weighted by Gasteiger charge is -2.36. The van der Waals surface area contributed by atoms with Crippen molar-refractivity contribution in [1.82, 2.24) is 4.90 Å². The number of aryl methyl sites for hydroxylation is 1. The molecular weight excluding hydrogens is 410 g/mol. The maximum Gasteiger partial charge on any atom is 0.324 e. The van der Waals surface area contributed by atoms with Crippen molar-refractivity contribution < 1.29 is 9.59 Å². The molecule has 0 aliphatic carbocycles. The van der Waals surface area contributed by atoms with E-state index in [1.54, 1.807) is 15.9 Å². The molecule has 3 amide bonds. The Morgan fingerprint density at radius 3 is 2.58 bits per heavy atom. The van der Waals surface area contributed by atoms with Crippen LogP contribution in [0.3, 0.4) is 0 Å². The van der Waals surface area contributed by atoms with Crippen molar-refractivity contribution in [2.45, 2.75) is 19.9 Å². The van der Waals surface area contributed by atoms with Gasteiger partial charge in [-0.15, -0.1) is 0 Å². The van der Waals surface area contributed by atoms with Crippen LogP contribution in [0.25, 0.3) is 0 Å². The first kappa shape index (κ1) is 20.9.